The Morgan fingerprint density at radius 2 is 2.09 bits per heavy atom. The molecule has 0 bridgehead atoms. The lowest BCUT2D eigenvalue weighted by atomic mass is 9.92. The van der Waals surface area contributed by atoms with Crippen molar-refractivity contribution in [2.75, 3.05) is 7.11 Å². The number of esters is 1. The highest BCUT2D eigenvalue weighted by molar-refractivity contribution is 5.79. The van der Waals surface area contributed by atoms with Gasteiger partial charge in [0.25, 0.3) is 0 Å². The predicted octanol–water partition coefficient (Wildman–Crippen LogP) is 0.923. The SMILES string of the molecule is COC(=O)[C@](C)(N)CC(C)C. The zero-order valence-electron chi connectivity index (χ0n) is 7.68. The maximum Gasteiger partial charge on any atom is 0.325 e. The number of nitrogens with two attached hydrogens (primary N) is 1. The highest BCUT2D eigenvalue weighted by Gasteiger charge is 2.29. The Morgan fingerprint density at radius 1 is 1.64 bits per heavy atom. The summed E-state index contributed by atoms with van der Waals surface area (Å²) in [4.78, 5) is 11.0. The maximum absolute atomic E-state index is 11.0. The van der Waals surface area contributed by atoms with Crippen LogP contribution in [0, 0.1) is 5.92 Å². The fraction of sp³-hybridized carbons (Fsp3) is 0.875. The zero-order valence-corrected chi connectivity index (χ0v) is 7.68. The topological polar surface area (TPSA) is 52.3 Å². The third-order valence-corrected chi connectivity index (χ3v) is 1.48. The van der Waals surface area contributed by atoms with Crippen molar-refractivity contribution in [3.8, 4) is 0 Å². The van der Waals surface area contributed by atoms with Crippen LogP contribution in [0.1, 0.15) is 27.2 Å². The third-order valence-electron chi connectivity index (χ3n) is 1.48. The summed E-state index contributed by atoms with van der Waals surface area (Å²) in [6, 6.07) is 0. The van der Waals surface area contributed by atoms with Crippen molar-refractivity contribution >= 4 is 5.97 Å². The van der Waals surface area contributed by atoms with Crippen LogP contribution in [0.15, 0.2) is 0 Å². The molecule has 3 heteroatoms. The molecule has 0 saturated heterocycles. The van der Waals surface area contributed by atoms with Crippen molar-refractivity contribution < 1.29 is 9.53 Å². The molecule has 0 amide bonds. The van der Waals surface area contributed by atoms with E-state index in [2.05, 4.69) is 4.74 Å². The van der Waals surface area contributed by atoms with Gasteiger partial charge in [0, 0.05) is 0 Å². The first-order chi connectivity index (χ1) is 4.90. The number of ether oxygens (including phenoxy) is 1. The summed E-state index contributed by atoms with van der Waals surface area (Å²) in [5, 5.41) is 0. The van der Waals surface area contributed by atoms with Gasteiger partial charge in [-0.2, -0.15) is 0 Å². The van der Waals surface area contributed by atoms with Crippen molar-refractivity contribution in [1.29, 1.82) is 0 Å². The molecule has 2 N–H and O–H groups in total. The van der Waals surface area contributed by atoms with Gasteiger partial charge < -0.3 is 10.5 Å². The molecule has 0 spiro atoms. The van der Waals surface area contributed by atoms with Gasteiger partial charge in [-0.05, 0) is 19.3 Å². The van der Waals surface area contributed by atoms with Gasteiger partial charge in [0.2, 0.25) is 0 Å². The Hall–Kier alpha value is -0.570. The molecule has 66 valence electrons. The van der Waals surface area contributed by atoms with Crippen molar-refractivity contribution in [1.82, 2.24) is 0 Å². The lowest BCUT2D eigenvalue weighted by Gasteiger charge is -2.22. The molecule has 0 aliphatic carbocycles. The van der Waals surface area contributed by atoms with Crippen LogP contribution in [0.5, 0.6) is 0 Å². The van der Waals surface area contributed by atoms with Gasteiger partial charge in [0.1, 0.15) is 5.54 Å². The molecule has 0 radical (unpaired) electrons. The Bertz CT molecular complexity index is 141. The lowest BCUT2D eigenvalue weighted by molar-refractivity contribution is -0.147. The van der Waals surface area contributed by atoms with Crippen molar-refractivity contribution in [3.63, 3.8) is 0 Å². The molecule has 0 aliphatic rings. The summed E-state index contributed by atoms with van der Waals surface area (Å²) < 4.78 is 4.55. The summed E-state index contributed by atoms with van der Waals surface area (Å²) in [5.41, 5.74) is 4.87. The molecule has 0 aliphatic heterocycles. The van der Waals surface area contributed by atoms with E-state index in [0.29, 0.717) is 12.3 Å². The normalized spacial score (nSPS) is 16.2. The molecule has 0 saturated carbocycles. The zero-order chi connectivity index (χ0) is 9.07. The van der Waals surface area contributed by atoms with E-state index in [0.717, 1.165) is 0 Å². The van der Waals surface area contributed by atoms with Crippen molar-refractivity contribution in [2.45, 2.75) is 32.7 Å². The van der Waals surface area contributed by atoms with Gasteiger partial charge in [0.15, 0.2) is 0 Å². The number of carbonyl (C=O) groups excluding carboxylic acids is 1. The standard InChI is InChI=1S/C8H17NO2/c1-6(2)5-8(3,9)7(10)11-4/h6H,5,9H2,1-4H3/t8-/m1/s1. The van der Waals surface area contributed by atoms with E-state index < -0.39 is 5.54 Å². The molecule has 1 atom stereocenters. The lowest BCUT2D eigenvalue weighted by Crippen LogP contribution is -2.46. The van der Waals surface area contributed by atoms with Crippen LogP contribution in [0.4, 0.5) is 0 Å². The predicted molar refractivity (Wildman–Crippen MR) is 44.1 cm³/mol. The van der Waals surface area contributed by atoms with E-state index in [1.165, 1.54) is 7.11 Å². The molecular formula is C8H17NO2. The second-order valence-corrected chi connectivity index (χ2v) is 3.51. The molecule has 0 heterocycles. The van der Waals surface area contributed by atoms with Gasteiger partial charge in [0.05, 0.1) is 7.11 Å². The average Bonchev–Trinajstić information content (AvgIpc) is 1.83. The number of hydrogen-bond donors (Lipinski definition) is 1. The van der Waals surface area contributed by atoms with Crippen molar-refractivity contribution in [3.05, 3.63) is 0 Å². The minimum Gasteiger partial charge on any atom is -0.468 e. The Labute approximate surface area is 67.9 Å². The molecule has 0 aromatic heterocycles. The molecule has 0 aromatic rings. The molecule has 0 fully saturated rings. The van der Waals surface area contributed by atoms with Crippen LogP contribution in [0.25, 0.3) is 0 Å². The highest BCUT2D eigenvalue weighted by atomic mass is 16.5. The molecular weight excluding hydrogens is 142 g/mol. The van der Waals surface area contributed by atoms with E-state index in [9.17, 15) is 4.79 Å². The summed E-state index contributed by atoms with van der Waals surface area (Å²) in [7, 11) is 1.35. The minimum absolute atomic E-state index is 0.341. The van der Waals surface area contributed by atoms with Crippen LogP contribution in [0.3, 0.4) is 0 Å². The summed E-state index contributed by atoms with van der Waals surface area (Å²) in [5.74, 6) is 0.0651. The van der Waals surface area contributed by atoms with Crippen LogP contribution in [-0.2, 0) is 9.53 Å². The summed E-state index contributed by atoms with van der Waals surface area (Å²) >= 11 is 0. The number of hydrogen-bond acceptors (Lipinski definition) is 3. The second-order valence-electron chi connectivity index (χ2n) is 3.51. The first kappa shape index (κ1) is 10.4. The van der Waals surface area contributed by atoms with E-state index in [1.54, 1.807) is 6.92 Å². The van der Waals surface area contributed by atoms with Gasteiger partial charge in [-0.25, -0.2) is 0 Å². The van der Waals surface area contributed by atoms with E-state index >= 15 is 0 Å². The number of rotatable bonds is 3. The summed E-state index contributed by atoms with van der Waals surface area (Å²) in [6.45, 7) is 5.74. The van der Waals surface area contributed by atoms with E-state index in [-0.39, 0.29) is 5.97 Å². The fourth-order valence-electron chi connectivity index (χ4n) is 1.16. The van der Waals surface area contributed by atoms with Crippen LogP contribution in [0.2, 0.25) is 0 Å². The Balaban J connectivity index is 4.09. The first-order valence-corrected chi connectivity index (χ1v) is 3.77. The minimum atomic E-state index is -0.830. The van der Waals surface area contributed by atoms with E-state index in [4.69, 9.17) is 5.73 Å². The molecule has 0 unspecified atom stereocenters. The van der Waals surface area contributed by atoms with Gasteiger partial charge in [-0.3, -0.25) is 4.79 Å². The molecule has 0 rings (SSSR count). The van der Waals surface area contributed by atoms with Crippen molar-refractivity contribution in [2.24, 2.45) is 11.7 Å². The van der Waals surface area contributed by atoms with Gasteiger partial charge in [-0.1, -0.05) is 13.8 Å². The molecule has 0 aromatic carbocycles. The number of methoxy groups -OCH3 is 1. The van der Waals surface area contributed by atoms with Gasteiger partial charge in [-0.15, -0.1) is 0 Å². The molecule has 3 nitrogen and oxygen atoms in total. The Morgan fingerprint density at radius 3 is 2.36 bits per heavy atom. The average molecular weight is 159 g/mol. The largest absolute Gasteiger partial charge is 0.468 e. The van der Waals surface area contributed by atoms with Crippen LogP contribution < -0.4 is 5.73 Å². The summed E-state index contributed by atoms with van der Waals surface area (Å²) in [6.07, 6.45) is 0.652. The first-order valence-electron chi connectivity index (χ1n) is 3.77. The third kappa shape index (κ3) is 3.37. The monoisotopic (exact) mass is 159 g/mol. The smallest absolute Gasteiger partial charge is 0.325 e. The fourth-order valence-corrected chi connectivity index (χ4v) is 1.16. The second kappa shape index (κ2) is 3.72. The maximum atomic E-state index is 11.0. The highest BCUT2D eigenvalue weighted by Crippen LogP contribution is 2.14. The Kier molecular flexibility index (Phi) is 3.52. The van der Waals surface area contributed by atoms with E-state index in [1.807, 2.05) is 13.8 Å². The van der Waals surface area contributed by atoms with Gasteiger partial charge >= 0.3 is 5.97 Å². The number of carbonyl (C=O) groups is 1. The van der Waals surface area contributed by atoms with Crippen LogP contribution in [-0.4, -0.2) is 18.6 Å². The van der Waals surface area contributed by atoms with Crippen LogP contribution >= 0.6 is 0 Å². The molecule has 11 heavy (non-hydrogen) atoms. The quantitative estimate of drug-likeness (QED) is 0.623.